The number of nitrogens with zero attached hydrogens (tertiary/aromatic N) is 19. The topological polar surface area (TPSA) is 350 Å². The fourth-order valence-corrected chi connectivity index (χ4v) is 16.2. The Morgan fingerprint density at radius 1 is 0.479 bits per heavy atom. The predicted molar refractivity (Wildman–Crippen MR) is 452 cm³/mol. The lowest BCUT2D eigenvalue weighted by atomic mass is 10.1. The second-order valence-electron chi connectivity index (χ2n) is 29.2. The molecule has 0 radical (unpaired) electrons. The van der Waals surface area contributed by atoms with E-state index in [2.05, 4.69) is 92.1 Å². The van der Waals surface area contributed by atoms with Gasteiger partial charge in [0.15, 0.2) is 11.5 Å². The third kappa shape index (κ3) is 18.1. The molecule has 3 N–H and O–H groups in total. The van der Waals surface area contributed by atoms with Crippen molar-refractivity contribution in [2.75, 3.05) is 146 Å². The molecule has 0 aliphatic carbocycles. The molecule has 630 valence electrons. The van der Waals surface area contributed by atoms with Gasteiger partial charge in [-0.05, 0) is 95.1 Å². The lowest BCUT2D eigenvalue weighted by Crippen LogP contribution is -2.48. The molecule has 18 rings (SSSR count). The molecule has 41 heteroatoms. The predicted octanol–water partition coefficient (Wildman–Crippen LogP) is 13.5. The number of rotatable bonds is 21. The Morgan fingerprint density at radius 3 is 1.27 bits per heavy atom. The van der Waals surface area contributed by atoms with Gasteiger partial charge in [0.05, 0.1) is 86.8 Å². The van der Waals surface area contributed by atoms with Crippen LogP contribution >= 0.6 is 69.6 Å². The lowest BCUT2D eigenvalue weighted by molar-refractivity contribution is -0.127. The van der Waals surface area contributed by atoms with Gasteiger partial charge in [0.25, 0.3) is 0 Å². The number of amides is 3. The van der Waals surface area contributed by atoms with Gasteiger partial charge >= 0.3 is 18.0 Å². The van der Waals surface area contributed by atoms with E-state index in [1.165, 1.54) is 42.8 Å². The number of benzene rings is 3. The van der Waals surface area contributed by atoms with Crippen LogP contribution in [0.3, 0.4) is 0 Å². The highest BCUT2D eigenvalue weighted by Gasteiger charge is 2.33. The number of piperazine rings is 3. The number of H-pyrrole nitrogens is 3. The van der Waals surface area contributed by atoms with E-state index in [1.54, 1.807) is 45.2 Å². The van der Waals surface area contributed by atoms with E-state index >= 15 is 0 Å². The summed E-state index contributed by atoms with van der Waals surface area (Å²) in [6.07, 6.45) is 13.4. The molecule has 6 fully saturated rings. The number of hydrogen-bond acceptors (Lipinski definition) is 27. The Bertz CT molecular complexity index is 5740. The van der Waals surface area contributed by atoms with Crippen molar-refractivity contribution >= 4 is 170 Å². The van der Waals surface area contributed by atoms with Crippen molar-refractivity contribution < 1.29 is 61.1 Å². The summed E-state index contributed by atoms with van der Waals surface area (Å²) in [6, 6.07) is 9.98. The van der Waals surface area contributed by atoms with Crippen LogP contribution in [0.5, 0.6) is 52.9 Å². The molecule has 6 aliphatic heterocycles. The maximum Gasteiger partial charge on any atom is 0.319 e. The molecule has 3 atom stereocenters. The number of hydrogen-bond donors (Lipinski definition) is 3. The number of likely N-dealkylation sites (N-methyl/N-ethyl adjacent to an activating group) is 1. The van der Waals surface area contributed by atoms with E-state index in [0.717, 1.165) is 55.1 Å². The highest BCUT2D eigenvalue weighted by molar-refractivity contribution is 6.34. The summed E-state index contributed by atoms with van der Waals surface area (Å²) in [5, 5.41) is 24.3. The van der Waals surface area contributed by atoms with Crippen LogP contribution in [0.15, 0.2) is 93.0 Å². The van der Waals surface area contributed by atoms with Crippen LogP contribution in [0, 0.1) is 24.5 Å². The number of pyridine rings is 3. The number of anilines is 3. The average Bonchev–Trinajstić information content (AvgIpc) is 1.57. The first-order chi connectivity index (χ1) is 58.6. The van der Waals surface area contributed by atoms with Gasteiger partial charge in [0.1, 0.15) is 90.1 Å². The van der Waals surface area contributed by atoms with Gasteiger partial charge in [-0.1, -0.05) is 89.3 Å². The summed E-state index contributed by atoms with van der Waals surface area (Å²) in [4.78, 5) is 91.5. The molecule has 15 heterocycles. The minimum atomic E-state index is -0.692. The van der Waals surface area contributed by atoms with Gasteiger partial charge in [-0.3, -0.25) is 29.7 Å². The third-order valence-electron chi connectivity index (χ3n) is 21.6. The van der Waals surface area contributed by atoms with E-state index in [-0.39, 0.29) is 115 Å². The molecule has 12 aromatic rings. The molecule has 0 saturated carbocycles. The van der Waals surface area contributed by atoms with Crippen LogP contribution in [-0.2, 0) is 23.9 Å². The second kappa shape index (κ2) is 36.7. The number of aromatic amines is 3. The van der Waals surface area contributed by atoms with Crippen molar-refractivity contribution in [1.29, 1.82) is 0 Å². The molecular weight excluding hydrogens is 1700 g/mol. The molecule has 121 heavy (non-hydrogen) atoms. The molecule has 33 nitrogen and oxygen atoms in total. The lowest BCUT2D eigenvalue weighted by Gasteiger charge is -2.35. The monoisotopic (exact) mass is 1770 g/mol. The van der Waals surface area contributed by atoms with Crippen molar-refractivity contribution in [3.8, 4) is 52.9 Å². The second-order valence-corrected chi connectivity index (χ2v) is 31.5. The summed E-state index contributed by atoms with van der Waals surface area (Å²) in [7, 11) is 2.10. The van der Waals surface area contributed by atoms with Gasteiger partial charge in [0.2, 0.25) is 35.4 Å². The number of carbonyl (C=O) groups excluding carboxylic acids is 3. The highest BCUT2D eigenvalue weighted by Crippen LogP contribution is 2.46. The summed E-state index contributed by atoms with van der Waals surface area (Å²) in [5.74, 6) is 0.923. The third-order valence-corrected chi connectivity index (χ3v) is 23.2. The minimum Gasteiger partial charge on any atom is -0.463 e. The Labute approximate surface area is 719 Å². The van der Waals surface area contributed by atoms with E-state index in [0.29, 0.717) is 194 Å². The van der Waals surface area contributed by atoms with Crippen LogP contribution in [0.25, 0.3) is 65.4 Å². The minimum absolute atomic E-state index is 0.00401. The van der Waals surface area contributed by atoms with E-state index < -0.39 is 11.6 Å². The van der Waals surface area contributed by atoms with Gasteiger partial charge in [-0.25, -0.2) is 8.78 Å². The van der Waals surface area contributed by atoms with E-state index in [1.807, 2.05) is 16.7 Å². The van der Waals surface area contributed by atoms with Crippen molar-refractivity contribution in [3.63, 3.8) is 0 Å². The number of ether oxygens (including phenoxy) is 8. The van der Waals surface area contributed by atoms with Crippen LogP contribution in [0.2, 0.25) is 30.5 Å². The SMILES string of the molecule is C=CC(=O)N1CCN(c2nc(OCC3CCCO3)nc3c(Oc4c(Cl)c(F)cc5[nH]ncc45)nc(Cl)cc23)CC1.C=CC(=O)N1CCN(c2nc(OCC3CCOC3)nc3c(Oc4c(Cl)c(F)cc5[nH]ncc45)nc(Cl)cc23)CC1.C=CC(=O)N1CCN(c2nc(OC[C@@H]3CCCN3C)nc3c(Oc4c(C)c(Cl)cc5[nH]ncc45)nc(Cl)cc23)CC1. The van der Waals surface area contributed by atoms with Crippen LogP contribution in [0.1, 0.15) is 37.7 Å². The van der Waals surface area contributed by atoms with Crippen molar-refractivity contribution in [1.82, 2.24) is 95.0 Å². The fraction of sp³-hybridized carbons (Fsp3) is 0.362. The highest BCUT2D eigenvalue weighted by atomic mass is 35.5. The van der Waals surface area contributed by atoms with Crippen LogP contribution in [0.4, 0.5) is 26.2 Å². The first-order valence-electron chi connectivity index (χ1n) is 38.8. The van der Waals surface area contributed by atoms with E-state index in [9.17, 15) is 23.2 Å². The van der Waals surface area contributed by atoms with Crippen molar-refractivity contribution in [2.45, 2.75) is 51.2 Å². The molecule has 6 aliphatic rings. The summed E-state index contributed by atoms with van der Waals surface area (Å²) in [5.41, 5.74) is 3.29. The number of carbonyl (C=O) groups is 3. The zero-order valence-corrected chi connectivity index (χ0v) is 69.8. The van der Waals surface area contributed by atoms with Crippen molar-refractivity contribution in [2.24, 2.45) is 5.92 Å². The smallest absolute Gasteiger partial charge is 0.319 e. The first kappa shape index (κ1) is 83.5. The normalized spacial score (nSPS) is 17.7. The maximum absolute atomic E-state index is 14.6. The molecule has 6 saturated heterocycles. The standard InChI is InChI=1S/C28H30Cl2N8O3.2C26H24Cl2FN7O4/c1-4-23(39)37-8-10-38(11-9-37)26-18-12-22(30)32-27(41-25-16(2)20(29)13-21-19(25)14-31-35-21)24(18)33-28(34-26)40-15-17-6-5-7-36(17)3;1-2-20(37)35-4-6-36(7-5-35)24-15-9-19(27)31-25(22(15)32-26(33-24)39-13-14-3-8-38-12-14)40-23-16-11-30-34-18(16)10-17(29)21(23)28;1-2-20(37)35-5-7-36(8-6-35)24-15-10-19(27)31-25(22(15)32-26(33-24)39-13-14-4-3-9-38-14)40-23-16-12-30-34-18(16)11-17(29)21(23)28/h4,12-14,17H,1,5-11,15H2,2-3H3,(H,31,35);2,9-11,14H,1,3-8,12-13H2,(H,30,34);2,10-12,14H,1,3-9,13H2,(H,30,34)/t17-;;/m0../s1. The van der Waals surface area contributed by atoms with Gasteiger partial charge in [-0.2, -0.15) is 60.2 Å². The summed E-state index contributed by atoms with van der Waals surface area (Å²) >= 11 is 38.6. The first-order valence-corrected chi connectivity index (χ1v) is 41.1. The largest absolute Gasteiger partial charge is 0.463 e. The number of aromatic nitrogens is 15. The van der Waals surface area contributed by atoms with E-state index in [4.69, 9.17) is 127 Å². The molecule has 0 spiro atoms. The molecule has 0 bridgehead atoms. The number of likely N-dealkylation sites (tertiary alicyclic amines) is 1. The Kier molecular flexibility index (Phi) is 25.3. The number of nitrogens with one attached hydrogen (secondary N) is 3. The van der Waals surface area contributed by atoms with Crippen LogP contribution < -0.4 is 43.1 Å². The van der Waals surface area contributed by atoms with Gasteiger partial charge < -0.3 is 72.2 Å². The van der Waals surface area contributed by atoms with Crippen molar-refractivity contribution in [3.05, 3.63) is 141 Å². The molecule has 3 amide bonds. The molecule has 3 aromatic carbocycles. The molecular formula is C80H78Cl6F2N22O11. The molecule has 9 aromatic heterocycles. The zero-order chi connectivity index (χ0) is 84.3. The molecule has 2 unspecified atom stereocenters. The van der Waals surface area contributed by atoms with Crippen LogP contribution in [-0.4, -0.2) is 257 Å². The fourth-order valence-electron chi connectivity index (χ4n) is 15.0. The maximum atomic E-state index is 14.6. The quantitative estimate of drug-likeness (QED) is 0.0444. The Morgan fingerprint density at radius 2 is 0.884 bits per heavy atom. The number of fused-ring (bicyclic) bond motifs is 6. The average molecular weight is 1770 g/mol. The Hall–Kier alpha value is -11.2. The number of halogens is 8. The van der Waals surface area contributed by atoms with Gasteiger partial charge in [0, 0.05) is 126 Å². The summed E-state index contributed by atoms with van der Waals surface area (Å²) in [6.45, 7) is 22.8. The Balaban J connectivity index is 0.000000135. The van der Waals surface area contributed by atoms with Gasteiger partial charge in [-0.15, -0.1) is 0 Å². The summed E-state index contributed by atoms with van der Waals surface area (Å²) < 4.78 is 77.2. The zero-order valence-electron chi connectivity index (χ0n) is 65.3.